The van der Waals surface area contributed by atoms with Gasteiger partial charge < -0.3 is 4.42 Å². The van der Waals surface area contributed by atoms with Gasteiger partial charge in [-0.15, -0.1) is 0 Å². The Bertz CT molecular complexity index is 473. The molecule has 12 heavy (non-hydrogen) atoms. The molecule has 2 aromatic rings. The fourth-order valence-corrected chi connectivity index (χ4v) is 1.12. The molecule has 0 spiro atoms. The average molecular weight is 161 g/mol. The van der Waals surface area contributed by atoms with Gasteiger partial charge in [-0.2, -0.15) is 0 Å². The number of rotatable bonds is 0. The first-order valence-electron chi connectivity index (χ1n) is 3.62. The van der Waals surface area contributed by atoms with Crippen molar-refractivity contribution in [3.63, 3.8) is 0 Å². The second kappa shape index (κ2) is 2.44. The predicted octanol–water partition coefficient (Wildman–Crippen LogP) is 1.50. The van der Waals surface area contributed by atoms with Crippen LogP contribution in [0.25, 0.3) is 11.0 Å². The standard InChI is InChI=1S/C9H7NO2/c1-6-4-8(11)7-5-10-3-2-9(7)12-6/h2-5H,1H3. The molecular formula is C9H7NO2. The van der Waals surface area contributed by atoms with Crippen LogP contribution in [-0.4, -0.2) is 4.98 Å². The summed E-state index contributed by atoms with van der Waals surface area (Å²) in [5, 5.41) is 0.531. The van der Waals surface area contributed by atoms with E-state index in [-0.39, 0.29) is 5.43 Å². The average Bonchev–Trinajstić information content (AvgIpc) is 2.04. The summed E-state index contributed by atoms with van der Waals surface area (Å²) in [4.78, 5) is 15.1. The van der Waals surface area contributed by atoms with E-state index in [2.05, 4.69) is 4.98 Å². The van der Waals surface area contributed by atoms with Crippen LogP contribution in [0.1, 0.15) is 5.76 Å². The van der Waals surface area contributed by atoms with Gasteiger partial charge >= 0.3 is 0 Å². The van der Waals surface area contributed by atoms with Gasteiger partial charge in [0.2, 0.25) is 0 Å². The third kappa shape index (κ3) is 0.993. The molecule has 0 bridgehead atoms. The molecule has 0 amide bonds. The topological polar surface area (TPSA) is 43.1 Å². The van der Waals surface area contributed by atoms with Crippen molar-refractivity contribution in [3.8, 4) is 0 Å². The van der Waals surface area contributed by atoms with Crippen molar-refractivity contribution in [3.05, 3.63) is 40.5 Å². The Balaban J connectivity index is 2.99. The lowest BCUT2D eigenvalue weighted by molar-refractivity contribution is 0.564. The van der Waals surface area contributed by atoms with Gasteiger partial charge in [-0.1, -0.05) is 0 Å². The van der Waals surface area contributed by atoms with E-state index >= 15 is 0 Å². The zero-order valence-electron chi connectivity index (χ0n) is 6.57. The molecule has 2 rings (SSSR count). The summed E-state index contributed by atoms with van der Waals surface area (Å²) in [7, 11) is 0. The van der Waals surface area contributed by atoms with E-state index in [0.717, 1.165) is 0 Å². The van der Waals surface area contributed by atoms with E-state index in [1.54, 1.807) is 19.2 Å². The quantitative estimate of drug-likeness (QED) is 0.588. The van der Waals surface area contributed by atoms with Gasteiger partial charge in [0.05, 0.1) is 5.39 Å². The zero-order chi connectivity index (χ0) is 8.55. The highest BCUT2D eigenvalue weighted by atomic mass is 16.3. The smallest absolute Gasteiger partial charge is 0.194 e. The lowest BCUT2D eigenvalue weighted by atomic mass is 10.3. The fraction of sp³-hybridized carbons (Fsp3) is 0.111. The minimum absolute atomic E-state index is 0.0400. The fourth-order valence-electron chi connectivity index (χ4n) is 1.12. The first-order valence-corrected chi connectivity index (χ1v) is 3.62. The van der Waals surface area contributed by atoms with Crippen LogP contribution < -0.4 is 5.43 Å². The van der Waals surface area contributed by atoms with E-state index in [1.807, 2.05) is 0 Å². The molecule has 2 aromatic heterocycles. The van der Waals surface area contributed by atoms with Gasteiger partial charge in [0.15, 0.2) is 5.43 Å². The molecule has 3 nitrogen and oxygen atoms in total. The minimum atomic E-state index is -0.0400. The van der Waals surface area contributed by atoms with Crippen molar-refractivity contribution < 1.29 is 4.42 Å². The molecule has 0 aromatic carbocycles. The van der Waals surface area contributed by atoms with E-state index in [9.17, 15) is 4.79 Å². The molecule has 0 atom stereocenters. The van der Waals surface area contributed by atoms with E-state index in [0.29, 0.717) is 16.7 Å². The Hall–Kier alpha value is -1.64. The van der Waals surface area contributed by atoms with Crippen LogP contribution in [0.3, 0.4) is 0 Å². The van der Waals surface area contributed by atoms with Gasteiger partial charge in [0.1, 0.15) is 11.3 Å². The van der Waals surface area contributed by atoms with Crippen LogP contribution in [0.15, 0.2) is 33.7 Å². The summed E-state index contributed by atoms with van der Waals surface area (Å²) in [5.41, 5.74) is 0.553. The van der Waals surface area contributed by atoms with Crippen LogP contribution in [0, 0.1) is 6.92 Å². The molecule has 0 unspecified atom stereocenters. The van der Waals surface area contributed by atoms with E-state index < -0.39 is 0 Å². The lowest BCUT2D eigenvalue weighted by Gasteiger charge is -1.95. The number of hydrogen-bond acceptors (Lipinski definition) is 3. The van der Waals surface area contributed by atoms with Crippen molar-refractivity contribution in [2.45, 2.75) is 6.92 Å². The Morgan fingerprint density at radius 1 is 1.50 bits per heavy atom. The van der Waals surface area contributed by atoms with Crippen LogP contribution in [0.2, 0.25) is 0 Å². The van der Waals surface area contributed by atoms with E-state index in [1.165, 1.54) is 12.3 Å². The van der Waals surface area contributed by atoms with Gasteiger partial charge in [-0.3, -0.25) is 9.78 Å². The monoisotopic (exact) mass is 161 g/mol. The molecule has 3 heteroatoms. The number of hydrogen-bond donors (Lipinski definition) is 0. The van der Waals surface area contributed by atoms with Crippen molar-refractivity contribution in [2.24, 2.45) is 0 Å². The zero-order valence-corrected chi connectivity index (χ0v) is 6.57. The molecule has 0 saturated carbocycles. The minimum Gasteiger partial charge on any atom is -0.461 e. The number of nitrogens with zero attached hydrogens (tertiary/aromatic N) is 1. The number of aryl methyl sites for hydroxylation is 1. The molecule has 0 saturated heterocycles. The first kappa shape index (κ1) is 7.03. The largest absolute Gasteiger partial charge is 0.461 e. The highest BCUT2D eigenvalue weighted by molar-refractivity contribution is 5.74. The maximum Gasteiger partial charge on any atom is 0.194 e. The molecular weight excluding hydrogens is 154 g/mol. The predicted molar refractivity (Wildman–Crippen MR) is 45.0 cm³/mol. The van der Waals surface area contributed by atoms with Crippen LogP contribution in [0.4, 0.5) is 0 Å². The normalized spacial score (nSPS) is 10.4. The Morgan fingerprint density at radius 2 is 2.33 bits per heavy atom. The van der Waals surface area contributed by atoms with Crippen molar-refractivity contribution in [1.29, 1.82) is 0 Å². The molecule has 60 valence electrons. The third-order valence-electron chi connectivity index (χ3n) is 1.65. The number of fused-ring (bicyclic) bond motifs is 1. The van der Waals surface area contributed by atoms with Crippen molar-refractivity contribution >= 4 is 11.0 Å². The number of aromatic nitrogens is 1. The SMILES string of the molecule is Cc1cc(=O)c2cnccc2o1. The summed E-state index contributed by atoms with van der Waals surface area (Å²) in [6.45, 7) is 1.75. The maximum absolute atomic E-state index is 11.3. The van der Waals surface area contributed by atoms with Gasteiger partial charge in [0, 0.05) is 18.5 Å². The highest BCUT2D eigenvalue weighted by Crippen LogP contribution is 2.08. The molecule has 0 radical (unpaired) electrons. The Labute approximate surface area is 68.7 Å². The van der Waals surface area contributed by atoms with E-state index in [4.69, 9.17) is 4.42 Å². The lowest BCUT2D eigenvalue weighted by Crippen LogP contribution is -2.00. The second-order valence-corrected chi connectivity index (χ2v) is 2.59. The summed E-state index contributed by atoms with van der Waals surface area (Å²) in [6, 6.07) is 3.15. The molecule has 2 heterocycles. The van der Waals surface area contributed by atoms with Crippen LogP contribution in [-0.2, 0) is 0 Å². The molecule has 0 aliphatic heterocycles. The first-order chi connectivity index (χ1) is 5.77. The Kier molecular flexibility index (Phi) is 1.43. The summed E-state index contributed by atoms with van der Waals surface area (Å²) in [5.74, 6) is 0.624. The van der Waals surface area contributed by atoms with Crippen LogP contribution >= 0.6 is 0 Å². The van der Waals surface area contributed by atoms with Crippen molar-refractivity contribution in [2.75, 3.05) is 0 Å². The van der Waals surface area contributed by atoms with Crippen molar-refractivity contribution in [1.82, 2.24) is 4.98 Å². The van der Waals surface area contributed by atoms with Gasteiger partial charge in [0.25, 0.3) is 0 Å². The molecule has 0 aliphatic rings. The Morgan fingerprint density at radius 3 is 3.17 bits per heavy atom. The highest BCUT2D eigenvalue weighted by Gasteiger charge is 1.99. The van der Waals surface area contributed by atoms with Gasteiger partial charge in [-0.05, 0) is 13.0 Å². The number of pyridine rings is 1. The molecule has 0 fully saturated rings. The summed E-state index contributed by atoms with van der Waals surface area (Å²) < 4.78 is 5.30. The summed E-state index contributed by atoms with van der Waals surface area (Å²) in [6.07, 6.45) is 3.12. The second-order valence-electron chi connectivity index (χ2n) is 2.59. The maximum atomic E-state index is 11.3. The van der Waals surface area contributed by atoms with Crippen LogP contribution in [0.5, 0.6) is 0 Å². The third-order valence-corrected chi connectivity index (χ3v) is 1.65. The summed E-state index contributed by atoms with van der Waals surface area (Å²) >= 11 is 0. The molecule has 0 aliphatic carbocycles. The van der Waals surface area contributed by atoms with Gasteiger partial charge in [-0.25, -0.2) is 0 Å². The molecule has 0 N–H and O–H groups in total.